The fourth-order valence-corrected chi connectivity index (χ4v) is 5.81. The Kier molecular flexibility index (Phi) is 7.09. The summed E-state index contributed by atoms with van der Waals surface area (Å²) >= 11 is 7.30. The number of rotatable bonds is 7. The van der Waals surface area contributed by atoms with Gasteiger partial charge in [0, 0.05) is 12.3 Å². The highest BCUT2D eigenvalue weighted by Gasteiger charge is 2.18. The second-order valence-corrected chi connectivity index (χ2v) is 12.2. The van der Waals surface area contributed by atoms with Crippen LogP contribution >= 0.6 is 16.8 Å². The van der Waals surface area contributed by atoms with Crippen molar-refractivity contribution in [2.45, 2.75) is 27.2 Å². The van der Waals surface area contributed by atoms with Crippen molar-refractivity contribution in [3.63, 3.8) is 0 Å². The van der Waals surface area contributed by atoms with Gasteiger partial charge in [-0.3, -0.25) is 4.79 Å². The summed E-state index contributed by atoms with van der Waals surface area (Å²) in [6.07, 6.45) is 1.89. The van der Waals surface area contributed by atoms with E-state index in [1.54, 1.807) is 11.4 Å². The highest BCUT2D eigenvalue weighted by Crippen LogP contribution is 2.58. The van der Waals surface area contributed by atoms with Crippen LogP contribution in [0.15, 0.2) is 0 Å². The Morgan fingerprint density at radius 1 is 1.57 bits per heavy atom. The van der Waals surface area contributed by atoms with Crippen LogP contribution in [0.3, 0.4) is 0 Å². The van der Waals surface area contributed by atoms with Gasteiger partial charge in [-0.2, -0.15) is 0 Å². The summed E-state index contributed by atoms with van der Waals surface area (Å²) < 4.78 is 1.81. The molecule has 0 heterocycles. The number of carbonyl (C=O) groups excluding carboxylic acids is 1. The summed E-state index contributed by atoms with van der Waals surface area (Å²) in [5.41, 5.74) is 0. The molecule has 0 fully saturated rings. The molecule has 0 aliphatic heterocycles. The highest BCUT2D eigenvalue weighted by molar-refractivity contribution is 8.70. The van der Waals surface area contributed by atoms with Crippen LogP contribution < -0.4 is 0 Å². The molecule has 0 saturated carbocycles. The monoisotopic (exact) mass is 253 g/mol. The minimum atomic E-state index is -1.66. The minimum Gasteiger partial charge on any atom is -0.309 e. The lowest BCUT2D eigenvalue weighted by molar-refractivity contribution is -0.114. The normalized spacial score (nSPS) is 15.2. The summed E-state index contributed by atoms with van der Waals surface area (Å²) in [5, 5.41) is -1.66. The molecule has 0 N–H and O–H groups in total. The first-order chi connectivity index (χ1) is 6.44. The van der Waals surface area contributed by atoms with Gasteiger partial charge in [0.1, 0.15) is 0 Å². The number of hydrogen-bond acceptors (Lipinski definition) is 3. The van der Waals surface area contributed by atoms with Gasteiger partial charge in [-0.1, -0.05) is 32.6 Å². The van der Waals surface area contributed by atoms with E-state index in [2.05, 4.69) is 20.8 Å². The lowest BCUT2D eigenvalue weighted by Gasteiger charge is -2.28. The Labute approximate surface area is 96.6 Å². The van der Waals surface area contributed by atoms with Crippen LogP contribution in [0.1, 0.15) is 27.2 Å². The van der Waals surface area contributed by atoms with Gasteiger partial charge < -0.3 is 4.67 Å². The number of carbonyl (C=O) groups is 1. The third kappa shape index (κ3) is 5.38. The van der Waals surface area contributed by atoms with Gasteiger partial charge in [0.25, 0.3) is 0 Å². The lowest BCUT2D eigenvalue weighted by atomic mass is 10.3. The standard InChI is InChI=1S/C9H20NOPS2/c1-5-6-10(8-11)12(4,13)14-7-9(2)3/h8-9H,5-7H2,1-4H3. The molecule has 1 unspecified atom stereocenters. The topological polar surface area (TPSA) is 20.3 Å². The van der Waals surface area contributed by atoms with Gasteiger partial charge in [0.05, 0.1) is 5.39 Å². The molecule has 0 aliphatic rings. The van der Waals surface area contributed by atoms with Gasteiger partial charge >= 0.3 is 0 Å². The summed E-state index contributed by atoms with van der Waals surface area (Å²) in [6.45, 7) is 9.25. The van der Waals surface area contributed by atoms with Crippen molar-refractivity contribution >= 4 is 35.0 Å². The summed E-state index contributed by atoms with van der Waals surface area (Å²) in [6, 6.07) is 0. The van der Waals surface area contributed by atoms with Crippen LogP contribution in [-0.2, 0) is 16.6 Å². The van der Waals surface area contributed by atoms with E-state index in [9.17, 15) is 4.79 Å². The molecule has 0 spiro atoms. The van der Waals surface area contributed by atoms with E-state index < -0.39 is 5.39 Å². The Morgan fingerprint density at radius 3 is 2.50 bits per heavy atom. The van der Waals surface area contributed by atoms with Gasteiger partial charge in [-0.05, 0) is 19.0 Å². The average Bonchev–Trinajstić information content (AvgIpc) is 2.11. The summed E-state index contributed by atoms with van der Waals surface area (Å²) in [7, 11) is 0. The zero-order chi connectivity index (χ0) is 11.2. The van der Waals surface area contributed by atoms with Crippen molar-refractivity contribution in [2.75, 3.05) is 19.0 Å². The Balaban J connectivity index is 4.25. The minimum absolute atomic E-state index is 0.636. The number of hydrogen-bond donors (Lipinski definition) is 0. The maximum absolute atomic E-state index is 10.9. The number of amides is 1. The molecular formula is C9H20NOPS2. The summed E-state index contributed by atoms with van der Waals surface area (Å²) in [5.74, 6) is 1.68. The quantitative estimate of drug-likeness (QED) is 0.513. The van der Waals surface area contributed by atoms with Crippen molar-refractivity contribution in [1.82, 2.24) is 4.67 Å². The maximum Gasteiger partial charge on any atom is 0.214 e. The van der Waals surface area contributed by atoms with Crippen LogP contribution in [0.2, 0.25) is 0 Å². The van der Waals surface area contributed by atoms with Crippen molar-refractivity contribution in [2.24, 2.45) is 5.92 Å². The molecule has 0 aliphatic carbocycles. The SMILES string of the molecule is CCCN(C=O)P(C)(=S)SCC(C)C. The van der Waals surface area contributed by atoms with E-state index in [-0.39, 0.29) is 0 Å². The third-order valence-corrected chi connectivity index (χ3v) is 8.30. The smallest absolute Gasteiger partial charge is 0.214 e. The highest BCUT2D eigenvalue weighted by atomic mass is 32.9. The molecule has 84 valence electrons. The molecule has 0 saturated heterocycles. The molecule has 1 amide bonds. The molecule has 0 aromatic carbocycles. The predicted octanol–water partition coefficient (Wildman–Crippen LogP) is 3.18. The van der Waals surface area contributed by atoms with Crippen LogP contribution in [0.5, 0.6) is 0 Å². The zero-order valence-corrected chi connectivity index (χ0v) is 11.9. The first kappa shape index (κ1) is 14.5. The van der Waals surface area contributed by atoms with E-state index in [1.165, 1.54) is 0 Å². The Bertz CT molecular complexity index is 221. The zero-order valence-electron chi connectivity index (χ0n) is 9.40. The van der Waals surface area contributed by atoms with Crippen LogP contribution in [0.4, 0.5) is 0 Å². The van der Waals surface area contributed by atoms with Crippen LogP contribution in [0.25, 0.3) is 0 Å². The molecule has 0 bridgehead atoms. The van der Waals surface area contributed by atoms with E-state index in [0.29, 0.717) is 5.92 Å². The van der Waals surface area contributed by atoms with Gasteiger partial charge in [-0.25, -0.2) is 0 Å². The van der Waals surface area contributed by atoms with Crippen molar-refractivity contribution in [3.05, 3.63) is 0 Å². The van der Waals surface area contributed by atoms with Gasteiger partial charge in [0.15, 0.2) is 0 Å². The maximum atomic E-state index is 10.9. The molecular weight excluding hydrogens is 233 g/mol. The summed E-state index contributed by atoms with van der Waals surface area (Å²) in [4.78, 5) is 10.9. The Morgan fingerprint density at radius 2 is 2.14 bits per heavy atom. The predicted molar refractivity (Wildman–Crippen MR) is 70.6 cm³/mol. The van der Waals surface area contributed by atoms with Crippen LogP contribution in [-0.4, -0.2) is 30.0 Å². The first-order valence-electron chi connectivity index (χ1n) is 4.88. The van der Waals surface area contributed by atoms with E-state index in [1.807, 2.05) is 11.3 Å². The lowest BCUT2D eigenvalue weighted by Crippen LogP contribution is -2.17. The van der Waals surface area contributed by atoms with E-state index >= 15 is 0 Å². The fourth-order valence-electron chi connectivity index (χ4n) is 0.911. The van der Waals surface area contributed by atoms with E-state index in [4.69, 9.17) is 11.8 Å². The fraction of sp³-hybridized carbons (Fsp3) is 0.889. The molecule has 1 atom stereocenters. The molecule has 0 rings (SSSR count). The second-order valence-electron chi connectivity index (χ2n) is 3.76. The van der Waals surface area contributed by atoms with Gasteiger partial charge in [-0.15, -0.1) is 11.4 Å². The number of nitrogens with zero attached hydrogens (tertiary/aromatic N) is 1. The molecule has 2 nitrogen and oxygen atoms in total. The molecule has 0 radical (unpaired) electrons. The molecule has 0 aromatic heterocycles. The second kappa shape index (κ2) is 6.86. The third-order valence-electron chi connectivity index (χ3n) is 1.69. The largest absolute Gasteiger partial charge is 0.309 e. The van der Waals surface area contributed by atoms with E-state index in [0.717, 1.165) is 25.1 Å². The van der Waals surface area contributed by atoms with Gasteiger partial charge in [0.2, 0.25) is 6.41 Å². The average molecular weight is 253 g/mol. The van der Waals surface area contributed by atoms with Crippen molar-refractivity contribution in [1.29, 1.82) is 0 Å². The molecule has 14 heavy (non-hydrogen) atoms. The van der Waals surface area contributed by atoms with Crippen LogP contribution in [0, 0.1) is 5.92 Å². The van der Waals surface area contributed by atoms with Crippen molar-refractivity contribution in [3.8, 4) is 0 Å². The molecule has 0 aromatic rings. The first-order valence-corrected chi connectivity index (χ1v) is 9.67. The van der Waals surface area contributed by atoms with Crippen molar-refractivity contribution < 1.29 is 4.79 Å². The Hall–Kier alpha value is 0.470. The molecule has 5 heteroatoms.